The van der Waals surface area contributed by atoms with Gasteiger partial charge in [0.25, 0.3) is 5.91 Å². The zero-order valence-electron chi connectivity index (χ0n) is 23.1. The zero-order valence-corrected chi connectivity index (χ0v) is 25.5. The zero-order chi connectivity index (χ0) is 28.9. The fourth-order valence-electron chi connectivity index (χ4n) is 5.11. The number of ether oxygens (including phenoxy) is 2. The van der Waals surface area contributed by atoms with Crippen molar-refractivity contribution in [2.24, 2.45) is 0 Å². The fraction of sp³-hybridized carbons (Fsp3) is 0.355. The molecule has 0 saturated carbocycles. The van der Waals surface area contributed by atoms with Crippen molar-refractivity contribution >= 4 is 52.5 Å². The summed E-state index contributed by atoms with van der Waals surface area (Å²) in [5.74, 6) is 0.951. The molecular formula is C31H33Cl2N3O4S. The number of hydrogen-bond acceptors (Lipinski definition) is 6. The summed E-state index contributed by atoms with van der Waals surface area (Å²) in [7, 11) is 1.80. The van der Waals surface area contributed by atoms with Crippen molar-refractivity contribution in [3.63, 3.8) is 0 Å². The fourth-order valence-corrected chi connectivity index (χ4v) is 6.08. The Hall–Kier alpha value is -2.75. The first-order valence-corrected chi connectivity index (χ1v) is 15.4. The summed E-state index contributed by atoms with van der Waals surface area (Å²) >= 11 is 14.2. The van der Waals surface area contributed by atoms with E-state index < -0.39 is 0 Å². The summed E-state index contributed by atoms with van der Waals surface area (Å²) in [4.78, 5) is 33.4. The van der Waals surface area contributed by atoms with Gasteiger partial charge in [0, 0.05) is 37.6 Å². The number of morpholine rings is 1. The molecular weight excluding hydrogens is 581 g/mol. The van der Waals surface area contributed by atoms with Crippen LogP contribution in [0.3, 0.4) is 0 Å². The molecule has 0 spiro atoms. The Balaban J connectivity index is 1.42. The highest BCUT2D eigenvalue weighted by Gasteiger charge is 2.32. The summed E-state index contributed by atoms with van der Waals surface area (Å²) in [5.41, 5.74) is 3.68. The minimum atomic E-state index is -0.311. The van der Waals surface area contributed by atoms with E-state index in [2.05, 4.69) is 54.3 Å². The van der Waals surface area contributed by atoms with Crippen LogP contribution in [0.4, 0.5) is 5.69 Å². The molecule has 0 N–H and O–H groups in total. The molecule has 0 radical (unpaired) electrons. The van der Waals surface area contributed by atoms with E-state index in [-0.39, 0.29) is 36.0 Å². The van der Waals surface area contributed by atoms with Gasteiger partial charge in [-0.05, 0) is 46.7 Å². The first kappa shape index (κ1) is 29.7. The Morgan fingerprint density at radius 2 is 1.76 bits per heavy atom. The Kier molecular flexibility index (Phi) is 9.78. The molecule has 1 unspecified atom stereocenters. The maximum absolute atomic E-state index is 13.8. The van der Waals surface area contributed by atoms with Crippen LogP contribution in [0.1, 0.15) is 18.5 Å². The van der Waals surface area contributed by atoms with Crippen LogP contribution in [0.15, 0.2) is 65.6 Å². The van der Waals surface area contributed by atoms with Gasteiger partial charge < -0.3 is 14.4 Å². The Morgan fingerprint density at radius 3 is 2.49 bits per heavy atom. The van der Waals surface area contributed by atoms with E-state index in [9.17, 15) is 9.59 Å². The highest BCUT2D eigenvalue weighted by Crippen LogP contribution is 2.39. The van der Waals surface area contributed by atoms with Crippen LogP contribution in [0.2, 0.25) is 10.0 Å². The van der Waals surface area contributed by atoms with Gasteiger partial charge in [-0.15, -0.1) is 11.8 Å². The van der Waals surface area contributed by atoms with Gasteiger partial charge in [0.05, 0.1) is 35.0 Å². The van der Waals surface area contributed by atoms with Crippen molar-refractivity contribution in [2.45, 2.75) is 17.9 Å². The number of benzene rings is 3. The highest BCUT2D eigenvalue weighted by atomic mass is 35.5. The van der Waals surface area contributed by atoms with Crippen LogP contribution < -0.4 is 9.64 Å². The molecule has 1 atom stereocenters. The first-order valence-electron chi connectivity index (χ1n) is 13.6. The van der Waals surface area contributed by atoms with Gasteiger partial charge in [0.15, 0.2) is 6.61 Å². The van der Waals surface area contributed by atoms with E-state index in [1.807, 2.05) is 17.8 Å². The van der Waals surface area contributed by atoms with Crippen molar-refractivity contribution in [3.05, 3.63) is 76.3 Å². The van der Waals surface area contributed by atoms with Gasteiger partial charge >= 0.3 is 0 Å². The van der Waals surface area contributed by atoms with E-state index >= 15 is 0 Å². The predicted molar refractivity (Wildman–Crippen MR) is 165 cm³/mol. The lowest BCUT2D eigenvalue weighted by Crippen LogP contribution is -2.48. The smallest absolute Gasteiger partial charge is 0.265 e. The monoisotopic (exact) mass is 613 g/mol. The molecule has 2 aliphatic rings. The van der Waals surface area contributed by atoms with Crippen LogP contribution in [0.5, 0.6) is 5.75 Å². The van der Waals surface area contributed by atoms with Crippen molar-refractivity contribution in [2.75, 3.05) is 63.7 Å². The second-order valence-electron chi connectivity index (χ2n) is 10.0. The second-order valence-corrected chi connectivity index (χ2v) is 12.2. The number of nitrogens with zero attached hydrogens (tertiary/aromatic N) is 3. The molecule has 3 aromatic carbocycles. The molecule has 1 saturated heterocycles. The summed E-state index contributed by atoms with van der Waals surface area (Å²) in [6.45, 7) is 5.40. The normalized spacial score (nSPS) is 16.2. The highest BCUT2D eigenvalue weighted by molar-refractivity contribution is 7.99. The Bertz CT molecular complexity index is 1400. The molecule has 2 heterocycles. The molecule has 10 heteroatoms. The number of thioether (sulfide) groups is 1. The number of fused-ring (bicyclic) bond motifs is 1. The second kappa shape index (κ2) is 13.5. The molecule has 1 fully saturated rings. The summed E-state index contributed by atoms with van der Waals surface area (Å²) < 4.78 is 11.1. The standard InChI is InChI=1S/C31H33Cl2N3O4S/c1-3-41-24-9-7-21(8-10-24)22-5-4-6-23(15-22)28(18-35-11-13-39-14-12-35)34(2)30(37)19-36-27-16-25(32)26(33)17-29(27)40-20-31(36)38/h4-10,15-17,28H,3,11-14,18-20H2,1-2H3. The average molecular weight is 615 g/mol. The number of anilines is 1. The van der Waals surface area contributed by atoms with Crippen LogP contribution in [-0.4, -0.2) is 80.4 Å². The third-order valence-corrected chi connectivity index (χ3v) is 9.02. The van der Waals surface area contributed by atoms with Crippen LogP contribution in [0.25, 0.3) is 11.1 Å². The lowest BCUT2D eigenvalue weighted by Gasteiger charge is -2.37. The van der Waals surface area contributed by atoms with E-state index in [0.717, 1.165) is 35.5 Å². The Labute approximate surface area is 255 Å². The molecule has 0 bridgehead atoms. The number of likely N-dealkylation sites (N-methyl/N-ethyl adjacent to an activating group) is 1. The van der Waals surface area contributed by atoms with E-state index in [0.29, 0.717) is 36.2 Å². The molecule has 216 valence electrons. The molecule has 41 heavy (non-hydrogen) atoms. The molecule has 0 aliphatic carbocycles. The summed E-state index contributed by atoms with van der Waals surface area (Å²) in [6.07, 6.45) is 0. The predicted octanol–water partition coefficient (Wildman–Crippen LogP) is 6.03. The lowest BCUT2D eigenvalue weighted by atomic mass is 9.98. The largest absolute Gasteiger partial charge is 0.482 e. The van der Waals surface area contributed by atoms with Crippen LogP contribution in [-0.2, 0) is 14.3 Å². The van der Waals surface area contributed by atoms with Gasteiger partial charge in [0.2, 0.25) is 5.91 Å². The number of halogens is 2. The third-order valence-electron chi connectivity index (χ3n) is 7.40. The van der Waals surface area contributed by atoms with Gasteiger partial charge in [-0.1, -0.05) is 60.5 Å². The number of hydrogen-bond donors (Lipinski definition) is 0. The quantitative estimate of drug-likeness (QED) is 0.275. The number of carbonyl (C=O) groups excluding carboxylic acids is 2. The molecule has 7 nitrogen and oxygen atoms in total. The maximum Gasteiger partial charge on any atom is 0.265 e. The van der Waals surface area contributed by atoms with Crippen molar-refractivity contribution in [3.8, 4) is 16.9 Å². The number of amides is 2. The van der Waals surface area contributed by atoms with E-state index in [4.69, 9.17) is 32.7 Å². The third kappa shape index (κ3) is 7.01. The average Bonchev–Trinajstić information content (AvgIpc) is 2.99. The first-order chi connectivity index (χ1) is 19.8. The minimum absolute atomic E-state index is 0.139. The van der Waals surface area contributed by atoms with Crippen molar-refractivity contribution < 1.29 is 19.1 Å². The van der Waals surface area contributed by atoms with Crippen LogP contribution in [0, 0.1) is 0 Å². The lowest BCUT2D eigenvalue weighted by molar-refractivity contribution is -0.133. The van der Waals surface area contributed by atoms with Crippen LogP contribution >= 0.6 is 35.0 Å². The number of carbonyl (C=O) groups is 2. The molecule has 5 rings (SSSR count). The minimum Gasteiger partial charge on any atom is -0.482 e. The molecule has 2 aliphatic heterocycles. The van der Waals surface area contributed by atoms with Crippen molar-refractivity contribution in [1.29, 1.82) is 0 Å². The molecule has 0 aromatic heterocycles. The maximum atomic E-state index is 13.8. The van der Waals surface area contributed by atoms with E-state index in [1.54, 1.807) is 24.1 Å². The van der Waals surface area contributed by atoms with Gasteiger partial charge in [-0.3, -0.25) is 19.4 Å². The molecule has 3 aromatic rings. The van der Waals surface area contributed by atoms with Gasteiger partial charge in [-0.25, -0.2) is 0 Å². The molecule has 2 amide bonds. The number of rotatable bonds is 9. The van der Waals surface area contributed by atoms with Gasteiger partial charge in [-0.2, -0.15) is 0 Å². The summed E-state index contributed by atoms with van der Waals surface area (Å²) in [6, 6.07) is 19.8. The topological polar surface area (TPSA) is 62.3 Å². The summed E-state index contributed by atoms with van der Waals surface area (Å²) in [5, 5.41) is 0.616. The van der Waals surface area contributed by atoms with E-state index in [1.165, 1.54) is 9.80 Å². The van der Waals surface area contributed by atoms with Crippen molar-refractivity contribution in [1.82, 2.24) is 9.80 Å². The van der Waals surface area contributed by atoms with Gasteiger partial charge in [0.1, 0.15) is 12.3 Å². The SMILES string of the molecule is CCSc1ccc(-c2cccc(C(CN3CCOCC3)N(C)C(=O)CN3C(=O)COc4cc(Cl)c(Cl)cc43)c2)cc1. The Morgan fingerprint density at radius 1 is 1.02 bits per heavy atom.